The number of ether oxygens (including phenoxy) is 1. The van der Waals surface area contributed by atoms with Gasteiger partial charge >= 0.3 is 11.9 Å². The third-order valence-electron chi connectivity index (χ3n) is 5.42. The number of carbonyl (C=O) groups excluding carboxylic acids is 3. The first-order valence-electron chi connectivity index (χ1n) is 10.6. The highest BCUT2D eigenvalue weighted by atomic mass is 16.5. The number of amides is 2. The molecule has 0 spiro atoms. The number of hydrogen-bond donors (Lipinski definition) is 1. The number of anilines is 2. The fraction of sp³-hybridized carbons (Fsp3) is 0.333. The zero-order chi connectivity index (χ0) is 23.1. The van der Waals surface area contributed by atoms with Crippen molar-refractivity contribution >= 4 is 35.1 Å². The molecule has 2 aromatic rings. The van der Waals surface area contributed by atoms with Gasteiger partial charge in [-0.2, -0.15) is 0 Å². The molecule has 1 N–H and O–H groups in total. The van der Waals surface area contributed by atoms with Gasteiger partial charge in [-0.25, -0.2) is 0 Å². The van der Waals surface area contributed by atoms with Crippen LogP contribution in [0.15, 0.2) is 60.7 Å². The lowest BCUT2D eigenvalue weighted by atomic mass is 10.1. The molecule has 4 rings (SSSR count). The van der Waals surface area contributed by atoms with Gasteiger partial charge in [-0.3, -0.25) is 19.2 Å². The monoisotopic (exact) mass is 438 g/mol. The smallest absolute Gasteiger partial charge is 0.318 e. The quantitative estimate of drug-likeness (QED) is 0.569. The molecule has 0 saturated carbocycles. The molecule has 2 atom stereocenters. The van der Waals surface area contributed by atoms with Crippen molar-refractivity contribution in [3.63, 3.8) is 0 Å². The molecule has 2 heterocycles. The summed E-state index contributed by atoms with van der Waals surface area (Å²) >= 11 is 0. The van der Waals surface area contributed by atoms with E-state index in [1.165, 1.54) is 4.90 Å². The van der Waals surface area contributed by atoms with Gasteiger partial charge in [0.2, 0.25) is 11.8 Å². The van der Waals surface area contributed by atoms with Crippen molar-refractivity contribution < 1.29 is 29.0 Å². The summed E-state index contributed by atoms with van der Waals surface area (Å²) in [7, 11) is 0. The lowest BCUT2D eigenvalue weighted by Gasteiger charge is -2.16. The minimum atomic E-state index is -1.03. The Bertz CT molecular complexity index is 963. The van der Waals surface area contributed by atoms with E-state index in [-0.39, 0.29) is 11.8 Å². The summed E-state index contributed by atoms with van der Waals surface area (Å²) in [5.41, 5.74) is 1.61. The molecular weight excluding hydrogens is 412 g/mol. The SMILES string of the molecule is CCOC(=O)C1CCN(c2ccccc2)C1=O.O=C(O)C1CCN(c2ccccc2)C1=O. The Morgan fingerprint density at radius 2 is 1.28 bits per heavy atom. The zero-order valence-corrected chi connectivity index (χ0v) is 17.8. The van der Waals surface area contributed by atoms with Crippen molar-refractivity contribution in [2.24, 2.45) is 11.8 Å². The van der Waals surface area contributed by atoms with E-state index >= 15 is 0 Å². The van der Waals surface area contributed by atoms with Crippen molar-refractivity contribution in [2.75, 3.05) is 29.5 Å². The molecule has 2 aliphatic rings. The van der Waals surface area contributed by atoms with Gasteiger partial charge in [0.15, 0.2) is 0 Å². The molecule has 2 fully saturated rings. The largest absolute Gasteiger partial charge is 0.481 e. The van der Waals surface area contributed by atoms with Crippen molar-refractivity contribution in [1.82, 2.24) is 0 Å². The Balaban J connectivity index is 0.000000182. The predicted octanol–water partition coefficient (Wildman–Crippen LogP) is 2.73. The molecule has 0 aliphatic carbocycles. The number of rotatable bonds is 5. The van der Waals surface area contributed by atoms with Crippen molar-refractivity contribution in [3.8, 4) is 0 Å². The van der Waals surface area contributed by atoms with E-state index in [1.54, 1.807) is 11.8 Å². The lowest BCUT2D eigenvalue weighted by molar-refractivity contribution is -0.150. The molecule has 0 aromatic heterocycles. The molecule has 2 aliphatic heterocycles. The number of carboxylic acids is 1. The fourth-order valence-electron chi connectivity index (χ4n) is 3.78. The Kier molecular flexibility index (Phi) is 7.59. The third-order valence-corrected chi connectivity index (χ3v) is 5.42. The van der Waals surface area contributed by atoms with Gasteiger partial charge in [-0.1, -0.05) is 36.4 Å². The van der Waals surface area contributed by atoms with Crippen LogP contribution in [0.3, 0.4) is 0 Å². The van der Waals surface area contributed by atoms with Gasteiger partial charge < -0.3 is 19.6 Å². The van der Waals surface area contributed by atoms with Crippen LogP contribution in [0.2, 0.25) is 0 Å². The van der Waals surface area contributed by atoms with E-state index in [0.29, 0.717) is 32.5 Å². The molecule has 8 nitrogen and oxygen atoms in total. The van der Waals surface area contributed by atoms with E-state index in [4.69, 9.17) is 9.84 Å². The zero-order valence-electron chi connectivity index (χ0n) is 17.8. The second-order valence-corrected chi connectivity index (χ2v) is 7.42. The standard InChI is InChI=1S/C13H15NO3.C11H11NO3/c1-2-17-13(16)11-8-9-14(12(11)15)10-6-4-3-5-7-10;13-10-9(11(14)15)6-7-12(10)8-4-2-1-3-5-8/h3-7,11H,2,8-9H2,1H3;1-5,9H,6-7H2,(H,14,15). The number of carboxylic acid groups (broad SMARTS) is 1. The number of nitrogens with zero attached hydrogens (tertiary/aromatic N) is 2. The van der Waals surface area contributed by atoms with Gasteiger partial charge in [0.05, 0.1) is 6.61 Å². The summed E-state index contributed by atoms with van der Waals surface area (Å²) in [4.78, 5) is 49.2. The Labute approximate surface area is 186 Å². The summed E-state index contributed by atoms with van der Waals surface area (Å²) < 4.78 is 4.89. The number of esters is 1. The highest BCUT2D eigenvalue weighted by molar-refractivity contribution is 6.08. The average Bonchev–Trinajstić information content (AvgIpc) is 3.38. The maximum absolute atomic E-state index is 12.0. The molecule has 8 heteroatoms. The van der Waals surface area contributed by atoms with Gasteiger partial charge in [-0.15, -0.1) is 0 Å². The van der Waals surface area contributed by atoms with E-state index in [0.717, 1.165) is 11.4 Å². The number of para-hydroxylation sites is 2. The minimum absolute atomic E-state index is 0.158. The maximum atomic E-state index is 12.0. The second-order valence-electron chi connectivity index (χ2n) is 7.42. The summed E-state index contributed by atoms with van der Waals surface area (Å²) in [6.45, 7) is 3.12. The van der Waals surface area contributed by atoms with Crippen LogP contribution in [0.1, 0.15) is 19.8 Å². The summed E-state index contributed by atoms with van der Waals surface area (Å²) in [6.07, 6.45) is 0.926. The number of benzene rings is 2. The molecule has 2 unspecified atom stereocenters. The van der Waals surface area contributed by atoms with Crippen molar-refractivity contribution in [2.45, 2.75) is 19.8 Å². The molecule has 2 amide bonds. The summed E-state index contributed by atoms with van der Waals surface area (Å²) in [6, 6.07) is 18.5. The van der Waals surface area contributed by atoms with E-state index in [9.17, 15) is 19.2 Å². The highest BCUT2D eigenvalue weighted by Crippen LogP contribution is 2.26. The first-order valence-corrected chi connectivity index (χ1v) is 10.6. The number of aliphatic carboxylic acids is 1. The topological polar surface area (TPSA) is 104 Å². The second kappa shape index (κ2) is 10.6. The van der Waals surface area contributed by atoms with Crippen LogP contribution in [0.4, 0.5) is 11.4 Å². The van der Waals surface area contributed by atoms with E-state index < -0.39 is 23.8 Å². The maximum Gasteiger partial charge on any atom is 0.318 e. The molecule has 0 radical (unpaired) electrons. The van der Waals surface area contributed by atoms with Gasteiger partial charge in [0.25, 0.3) is 0 Å². The van der Waals surface area contributed by atoms with Crippen molar-refractivity contribution in [1.29, 1.82) is 0 Å². The predicted molar refractivity (Wildman–Crippen MR) is 118 cm³/mol. The van der Waals surface area contributed by atoms with Crippen LogP contribution in [0.25, 0.3) is 0 Å². The normalized spacial score (nSPS) is 20.0. The lowest BCUT2D eigenvalue weighted by Crippen LogP contribution is -2.31. The highest BCUT2D eigenvalue weighted by Gasteiger charge is 2.39. The first kappa shape index (κ1) is 23.0. The van der Waals surface area contributed by atoms with Crippen LogP contribution < -0.4 is 9.80 Å². The molecule has 2 saturated heterocycles. The Hall–Kier alpha value is -3.68. The molecule has 0 bridgehead atoms. The summed E-state index contributed by atoms with van der Waals surface area (Å²) in [5, 5.41) is 8.80. The Morgan fingerprint density at radius 1 is 0.844 bits per heavy atom. The van der Waals surface area contributed by atoms with Gasteiger partial charge in [0.1, 0.15) is 11.8 Å². The minimum Gasteiger partial charge on any atom is -0.481 e. The fourth-order valence-corrected chi connectivity index (χ4v) is 3.78. The van der Waals surface area contributed by atoms with Crippen molar-refractivity contribution in [3.05, 3.63) is 60.7 Å². The number of carbonyl (C=O) groups is 4. The molecular formula is C24H26N2O6. The van der Waals surface area contributed by atoms with E-state index in [2.05, 4.69) is 0 Å². The van der Waals surface area contributed by atoms with Gasteiger partial charge in [-0.05, 0) is 44.0 Å². The molecule has 2 aromatic carbocycles. The first-order chi connectivity index (χ1) is 15.4. The van der Waals surface area contributed by atoms with E-state index in [1.807, 2.05) is 60.7 Å². The molecule has 32 heavy (non-hydrogen) atoms. The Morgan fingerprint density at radius 3 is 1.69 bits per heavy atom. The van der Waals surface area contributed by atoms with Crippen LogP contribution >= 0.6 is 0 Å². The van der Waals surface area contributed by atoms with Crippen LogP contribution in [-0.4, -0.2) is 48.6 Å². The third kappa shape index (κ3) is 5.14. The average molecular weight is 438 g/mol. The van der Waals surface area contributed by atoms with Gasteiger partial charge in [0, 0.05) is 24.5 Å². The van der Waals surface area contributed by atoms with Crippen LogP contribution in [0, 0.1) is 11.8 Å². The van der Waals surface area contributed by atoms with Crippen LogP contribution in [-0.2, 0) is 23.9 Å². The number of hydrogen-bond acceptors (Lipinski definition) is 5. The summed E-state index contributed by atoms with van der Waals surface area (Å²) in [5.74, 6) is -3.40. The van der Waals surface area contributed by atoms with Crippen LogP contribution in [0.5, 0.6) is 0 Å². The molecule has 168 valence electrons.